The molecule has 0 radical (unpaired) electrons. The Morgan fingerprint density at radius 2 is 1.91 bits per heavy atom. The number of carbonyl (C=O) groups is 1. The predicted octanol–water partition coefficient (Wildman–Crippen LogP) is 5.27. The van der Waals surface area contributed by atoms with E-state index in [1.165, 1.54) is 18.4 Å². The molecule has 1 aliphatic rings. The highest BCUT2D eigenvalue weighted by Crippen LogP contribution is 2.35. The number of aldehydes is 1. The van der Waals surface area contributed by atoms with E-state index in [4.69, 9.17) is 15.0 Å². The smallest absolute Gasteiger partial charge is 0.197 e. The minimum Gasteiger partial charge on any atom is -0.343 e. The Morgan fingerprint density at radius 1 is 1.21 bits per heavy atom. The summed E-state index contributed by atoms with van der Waals surface area (Å²) in [6.07, 6.45) is 8.22. The Morgan fingerprint density at radius 3 is 2.52 bits per heavy atom. The summed E-state index contributed by atoms with van der Waals surface area (Å²) in [6.45, 7) is 7.00. The average Bonchev–Trinajstić information content (AvgIpc) is 3.63. The molecule has 0 amide bonds. The van der Waals surface area contributed by atoms with Gasteiger partial charge < -0.3 is 15.8 Å². The lowest BCUT2D eigenvalue weighted by Crippen LogP contribution is -2.01. The number of nitrogens with one attached hydrogen (secondary N) is 1. The molecule has 33 heavy (non-hydrogen) atoms. The molecule has 0 spiro atoms. The van der Waals surface area contributed by atoms with Crippen LogP contribution in [0.1, 0.15) is 51.0 Å². The second-order valence-corrected chi connectivity index (χ2v) is 8.10. The van der Waals surface area contributed by atoms with Gasteiger partial charge in [0.25, 0.3) is 0 Å². The number of hydrogen-bond acceptors (Lipinski definition) is 6. The van der Waals surface area contributed by atoms with Gasteiger partial charge in [-0.25, -0.2) is 4.52 Å². The van der Waals surface area contributed by atoms with E-state index in [1.807, 2.05) is 4.52 Å². The summed E-state index contributed by atoms with van der Waals surface area (Å²) in [5, 5.41) is 8.11. The average molecular weight is 467 g/mol. The van der Waals surface area contributed by atoms with Crippen molar-refractivity contribution in [1.82, 2.24) is 9.61 Å². The Bertz CT molecular complexity index is 1010. The van der Waals surface area contributed by atoms with Crippen molar-refractivity contribution >= 4 is 30.2 Å². The van der Waals surface area contributed by atoms with Crippen LogP contribution >= 0.6 is 0 Å². The molecule has 0 bridgehead atoms. The predicted molar refractivity (Wildman–Crippen MR) is 137 cm³/mol. The first-order chi connectivity index (χ1) is 16.2. The van der Waals surface area contributed by atoms with Gasteiger partial charge in [-0.1, -0.05) is 43.8 Å². The molecule has 1 aliphatic carbocycles. The number of hydrogen-bond donors (Lipinski definition) is 2. The molecule has 1 fully saturated rings. The van der Waals surface area contributed by atoms with Crippen molar-refractivity contribution in [2.45, 2.75) is 51.9 Å². The third-order valence-electron chi connectivity index (χ3n) is 5.42. The Labute approximate surface area is 201 Å². The summed E-state index contributed by atoms with van der Waals surface area (Å²) in [5.41, 5.74) is 10.7. The summed E-state index contributed by atoms with van der Waals surface area (Å²) in [6, 6.07) is 17.0. The van der Waals surface area contributed by atoms with Crippen LogP contribution in [0.3, 0.4) is 0 Å². The topological polar surface area (TPSA) is 89.5 Å². The van der Waals surface area contributed by atoms with Gasteiger partial charge in [0.15, 0.2) is 18.4 Å². The Balaban J connectivity index is 0.000000582. The first kappa shape index (κ1) is 26.4. The van der Waals surface area contributed by atoms with Gasteiger partial charge in [0.05, 0.1) is 11.2 Å². The van der Waals surface area contributed by atoms with Gasteiger partial charge in [-0.05, 0) is 68.7 Å². The molecule has 7 heteroatoms. The van der Waals surface area contributed by atoms with E-state index >= 15 is 0 Å². The van der Waals surface area contributed by atoms with Crippen molar-refractivity contribution in [2.75, 3.05) is 11.9 Å². The summed E-state index contributed by atoms with van der Waals surface area (Å²) in [5.74, 6) is 1.46. The van der Waals surface area contributed by atoms with E-state index in [1.54, 1.807) is 0 Å². The van der Waals surface area contributed by atoms with Crippen molar-refractivity contribution in [3.05, 3.63) is 66.4 Å². The quantitative estimate of drug-likeness (QED) is 0.313. The van der Waals surface area contributed by atoms with Crippen molar-refractivity contribution in [1.29, 1.82) is 0 Å². The minimum absolute atomic E-state index is 0.605. The first-order valence-electron chi connectivity index (χ1n) is 11.5. The van der Waals surface area contributed by atoms with Gasteiger partial charge >= 0.3 is 0 Å². The third-order valence-corrected chi connectivity index (χ3v) is 5.42. The van der Waals surface area contributed by atoms with Crippen LogP contribution in [0.25, 0.3) is 16.8 Å². The zero-order valence-electron chi connectivity index (χ0n) is 19.3. The zero-order chi connectivity index (χ0) is 24.1. The zero-order valence-corrected chi connectivity index (χ0v) is 20.2. The number of carbonyl (C=O) groups excluding carboxylic acids is 1. The van der Waals surface area contributed by atoms with Gasteiger partial charge in [0, 0.05) is 23.7 Å². The van der Waals surface area contributed by atoms with Gasteiger partial charge in [0.2, 0.25) is 0 Å². The lowest BCUT2D eigenvalue weighted by molar-refractivity contribution is -0.107. The second kappa shape index (κ2) is 14.3. The fourth-order valence-corrected chi connectivity index (χ4v) is 3.39. The number of nitrogens with zero attached hydrogens (tertiary/aromatic N) is 2. The number of fused-ring (bicyclic) bond motifs is 1. The lowest BCUT2D eigenvalue weighted by atomic mass is 10.0. The van der Waals surface area contributed by atoms with E-state index in [0.717, 1.165) is 66.8 Å². The van der Waals surface area contributed by atoms with E-state index in [2.05, 4.69) is 79.9 Å². The normalized spacial score (nSPS) is 12.2. The van der Waals surface area contributed by atoms with Gasteiger partial charge in [0.1, 0.15) is 6.29 Å². The molecular weight excluding hydrogens is 432 g/mol. The Kier molecular flexibility index (Phi) is 11.4. The van der Waals surface area contributed by atoms with Crippen LogP contribution in [0, 0.1) is 5.92 Å². The Hall–Kier alpha value is -2.90. The number of benzene rings is 1. The summed E-state index contributed by atoms with van der Waals surface area (Å²) < 4.78 is 9.82. The maximum Gasteiger partial charge on any atom is 0.197 e. The van der Waals surface area contributed by atoms with Crippen LogP contribution in [0.15, 0.2) is 60.8 Å². The molecule has 0 unspecified atom stereocenters. The van der Waals surface area contributed by atoms with Gasteiger partial charge in [-0.2, -0.15) is 4.21 Å². The molecule has 2 heterocycles. The van der Waals surface area contributed by atoms with Crippen LogP contribution in [0.4, 0.5) is 5.82 Å². The molecule has 0 atom stereocenters. The third kappa shape index (κ3) is 8.18. The van der Waals surface area contributed by atoms with Crippen molar-refractivity contribution in [2.24, 2.45) is 11.7 Å². The first-order valence-corrected chi connectivity index (χ1v) is 11.8. The lowest BCUT2D eigenvalue weighted by Gasteiger charge is -2.07. The molecule has 3 aromatic rings. The molecule has 0 saturated heterocycles. The van der Waals surface area contributed by atoms with Crippen LogP contribution < -0.4 is 11.1 Å². The number of anilines is 1. The van der Waals surface area contributed by atoms with Crippen LogP contribution in [0.2, 0.25) is 0 Å². The summed E-state index contributed by atoms with van der Waals surface area (Å²) in [4.78, 5) is 10.4. The van der Waals surface area contributed by atoms with Crippen LogP contribution in [0.5, 0.6) is 0 Å². The standard InChI is InChI=1S/C23H25N3O.C3H9N.OS/c1-17(19-13-14-19)24-23-16-21-7-5-8-22(26(21)25-23)20-11-9-18(10-12-20)6-3-2-4-15-27;1-2-3-4;1-2/h5,7-12,15-16,19H,1-4,6,13-14H2,(H,24,25);2-4H2,1H3;. The molecule has 0 aliphatic heterocycles. The van der Waals surface area contributed by atoms with E-state index < -0.39 is 0 Å². The number of rotatable bonds is 10. The minimum atomic E-state index is 0.605. The second-order valence-electron chi connectivity index (χ2n) is 8.10. The number of nitrogens with two attached hydrogens (primary N) is 1. The fraction of sp³-hybridized carbons (Fsp3) is 0.385. The highest BCUT2D eigenvalue weighted by atomic mass is 32.1. The monoisotopic (exact) mass is 466 g/mol. The van der Waals surface area contributed by atoms with E-state index in [-0.39, 0.29) is 0 Å². The van der Waals surface area contributed by atoms with E-state index in [0.29, 0.717) is 12.3 Å². The number of aromatic nitrogens is 2. The largest absolute Gasteiger partial charge is 0.343 e. The highest BCUT2D eigenvalue weighted by Gasteiger charge is 2.25. The maximum absolute atomic E-state index is 10.4. The molecule has 2 aromatic heterocycles. The van der Waals surface area contributed by atoms with Crippen molar-refractivity contribution in [3.8, 4) is 11.3 Å². The molecule has 176 valence electrons. The van der Waals surface area contributed by atoms with Crippen molar-refractivity contribution in [3.63, 3.8) is 0 Å². The molecular formula is C26H34N4O2S. The highest BCUT2D eigenvalue weighted by molar-refractivity contribution is 7.44. The molecule has 3 N–H and O–H groups in total. The molecule has 1 aromatic carbocycles. The van der Waals surface area contributed by atoms with Crippen LogP contribution in [-0.4, -0.2) is 26.7 Å². The SMILES string of the molecule is C=C(Nc1cc2cccc(-c3ccc(CCCCC=O)cc3)n2n1)C1CC1.CCCN.O=S. The summed E-state index contributed by atoms with van der Waals surface area (Å²) >= 11 is 2.83. The van der Waals surface area contributed by atoms with Crippen molar-refractivity contribution < 1.29 is 9.00 Å². The molecule has 1 saturated carbocycles. The number of aryl methyl sites for hydroxylation is 1. The van der Waals surface area contributed by atoms with Crippen LogP contribution in [-0.2, 0) is 23.7 Å². The number of allylic oxidation sites excluding steroid dienone is 1. The number of pyridine rings is 1. The van der Waals surface area contributed by atoms with Gasteiger partial charge in [-0.3, -0.25) is 0 Å². The fourth-order valence-electron chi connectivity index (χ4n) is 3.39. The maximum atomic E-state index is 10.4. The van der Waals surface area contributed by atoms with E-state index in [9.17, 15) is 4.79 Å². The molecule has 4 rings (SSSR count). The van der Waals surface area contributed by atoms with Gasteiger partial charge in [-0.15, -0.1) is 5.10 Å². The number of unbranched alkanes of at least 4 members (excludes halogenated alkanes) is 2. The summed E-state index contributed by atoms with van der Waals surface area (Å²) in [7, 11) is 0. The molecule has 6 nitrogen and oxygen atoms in total.